The van der Waals surface area contributed by atoms with Crippen LogP contribution in [0.15, 0.2) is 17.0 Å². The number of thioether (sulfide) groups is 1. The number of aldehydes is 1. The maximum Gasteiger partial charge on any atom is 0.124 e. The molecule has 1 N–H and O–H groups in total. The molecule has 0 saturated heterocycles. The Labute approximate surface area is 121 Å². The van der Waals surface area contributed by atoms with Gasteiger partial charge in [0.2, 0.25) is 0 Å². The Kier molecular flexibility index (Phi) is 7.44. The van der Waals surface area contributed by atoms with Gasteiger partial charge in [-0.05, 0) is 24.7 Å². The number of rotatable bonds is 8. The third-order valence-electron chi connectivity index (χ3n) is 2.66. The standard InChI is InChI=1S/C14H19BrO2S/c1-2-4-12-13(18-10-3-8-15)6-5-11(7-9-16)14(12)17/h5-6,9,17H,2-4,7-8,10H2,1H3. The molecule has 0 atom stereocenters. The van der Waals surface area contributed by atoms with E-state index in [1.165, 1.54) is 0 Å². The maximum atomic E-state index is 10.6. The number of carbonyl (C=O) groups excluding carboxylic acids is 1. The number of hydrogen-bond acceptors (Lipinski definition) is 3. The molecular weight excluding hydrogens is 312 g/mol. The molecule has 0 saturated carbocycles. The zero-order valence-corrected chi connectivity index (χ0v) is 13.0. The predicted molar refractivity (Wildman–Crippen MR) is 81.0 cm³/mol. The van der Waals surface area contributed by atoms with Crippen LogP contribution in [-0.2, 0) is 17.6 Å². The van der Waals surface area contributed by atoms with Crippen molar-refractivity contribution < 1.29 is 9.90 Å². The second-order valence-corrected chi connectivity index (χ2v) is 5.99. The van der Waals surface area contributed by atoms with Gasteiger partial charge in [0.1, 0.15) is 12.0 Å². The van der Waals surface area contributed by atoms with Crippen LogP contribution in [-0.4, -0.2) is 22.5 Å². The molecule has 0 bridgehead atoms. The topological polar surface area (TPSA) is 37.3 Å². The van der Waals surface area contributed by atoms with Gasteiger partial charge in [0.05, 0.1) is 0 Å². The molecule has 18 heavy (non-hydrogen) atoms. The van der Waals surface area contributed by atoms with Crippen molar-refractivity contribution in [3.63, 3.8) is 0 Å². The van der Waals surface area contributed by atoms with E-state index in [9.17, 15) is 9.90 Å². The van der Waals surface area contributed by atoms with Gasteiger partial charge >= 0.3 is 0 Å². The Morgan fingerprint density at radius 2 is 2.22 bits per heavy atom. The summed E-state index contributed by atoms with van der Waals surface area (Å²) in [4.78, 5) is 11.7. The minimum atomic E-state index is 0.287. The molecule has 0 aliphatic carbocycles. The van der Waals surface area contributed by atoms with Crippen molar-refractivity contribution in [3.8, 4) is 5.75 Å². The van der Waals surface area contributed by atoms with Crippen molar-refractivity contribution in [2.45, 2.75) is 37.5 Å². The van der Waals surface area contributed by atoms with Crippen molar-refractivity contribution in [2.75, 3.05) is 11.1 Å². The van der Waals surface area contributed by atoms with E-state index in [1.807, 2.05) is 12.1 Å². The highest BCUT2D eigenvalue weighted by atomic mass is 79.9. The molecule has 1 rings (SSSR count). The van der Waals surface area contributed by atoms with Gasteiger partial charge < -0.3 is 9.90 Å². The molecule has 0 aliphatic rings. The number of alkyl halides is 1. The van der Waals surface area contributed by atoms with Crippen molar-refractivity contribution in [1.82, 2.24) is 0 Å². The Bertz CT molecular complexity index is 394. The first kappa shape index (κ1) is 15.6. The van der Waals surface area contributed by atoms with Gasteiger partial charge in [0.25, 0.3) is 0 Å². The van der Waals surface area contributed by atoms with Gasteiger partial charge in [0.15, 0.2) is 0 Å². The highest BCUT2D eigenvalue weighted by Gasteiger charge is 2.12. The largest absolute Gasteiger partial charge is 0.507 e. The molecule has 0 heterocycles. The lowest BCUT2D eigenvalue weighted by atomic mass is 10.0. The summed E-state index contributed by atoms with van der Waals surface area (Å²) in [5.74, 6) is 1.35. The fourth-order valence-corrected chi connectivity index (χ4v) is 3.48. The molecule has 0 unspecified atom stereocenters. The molecule has 0 amide bonds. The molecule has 4 heteroatoms. The fourth-order valence-electron chi connectivity index (χ4n) is 1.78. The average Bonchev–Trinajstić information content (AvgIpc) is 2.37. The van der Waals surface area contributed by atoms with E-state index in [0.717, 1.165) is 52.7 Å². The zero-order chi connectivity index (χ0) is 13.4. The first-order valence-electron chi connectivity index (χ1n) is 6.20. The van der Waals surface area contributed by atoms with Crippen LogP contribution in [0.2, 0.25) is 0 Å². The second kappa shape index (κ2) is 8.59. The molecule has 1 aromatic carbocycles. The Balaban J connectivity index is 2.94. The van der Waals surface area contributed by atoms with E-state index in [1.54, 1.807) is 11.8 Å². The van der Waals surface area contributed by atoms with Gasteiger partial charge in [-0.15, -0.1) is 11.8 Å². The van der Waals surface area contributed by atoms with Crippen molar-refractivity contribution >= 4 is 34.0 Å². The normalized spacial score (nSPS) is 10.6. The van der Waals surface area contributed by atoms with Gasteiger partial charge in [-0.1, -0.05) is 35.3 Å². The van der Waals surface area contributed by atoms with E-state index in [0.29, 0.717) is 5.75 Å². The Hall–Kier alpha value is -0.480. The van der Waals surface area contributed by atoms with Crippen LogP contribution in [0.25, 0.3) is 0 Å². The van der Waals surface area contributed by atoms with Crippen LogP contribution >= 0.6 is 27.7 Å². The van der Waals surface area contributed by atoms with E-state index in [4.69, 9.17) is 0 Å². The number of aromatic hydroxyl groups is 1. The average molecular weight is 331 g/mol. The molecule has 0 aliphatic heterocycles. The van der Waals surface area contributed by atoms with Crippen LogP contribution in [0.1, 0.15) is 30.9 Å². The lowest BCUT2D eigenvalue weighted by molar-refractivity contribution is -0.107. The van der Waals surface area contributed by atoms with Crippen LogP contribution in [0.3, 0.4) is 0 Å². The molecule has 100 valence electrons. The molecule has 0 fully saturated rings. The highest BCUT2D eigenvalue weighted by Crippen LogP contribution is 2.34. The lowest BCUT2D eigenvalue weighted by Crippen LogP contribution is -1.96. The molecular formula is C14H19BrO2S. The summed E-state index contributed by atoms with van der Waals surface area (Å²) >= 11 is 5.19. The minimum absolute atomic E-state index is 0.287. The molecule has 0 spiro atoms. The van der Waals surface area contributed by atoms with Crippen LogP contribution in [0.5, 0.6) is 5.75 Å². The summed E-state index contributed by atoms with van der Waals surface area (Å²) in [5, 5.41) is 11.2. The SMILES string of the molecule is CCCc1c(SCCCBr)ccc(CC=O)c1O. The van der Waals surface area contributed by atoms with E-state index < -0.39 is 0 Å². The highest BCUT2D eigenvalue weighted by molar-refractivity contribution is 9.09. The maximum absolute atomic E-state index is 10.6. The first-order chi connectivity index (χ1) is 8.74. The van der Waals surface area contributed by atoms with Crippen LogP contribution in [0, 0.1) is 0 Å². The number of benzene rings is 1. The summed E-state index contributed by atoms with van der Waals surface area (Å²) in [6.07, 6.45) is 4.07. The smallest absolute Gasteiger partial charge is 0.124 e. The van der Waals surface area contributed by atoms with Gasteiger partial charge in [-0.3, -0.25) is 0 Å². The quantitative estimate of drug-likeness (QED) is 0.339. The summed E-state index contributed by atoms with van der Waals surface area (Å²) in [6, 6.07) is 3.89. The van der Waals surface area contributed by atoms with E-state index >= 15 is 0 Å². The Morgan fingerprint density at radius 1 is 1.44 bits per heavy atom. The third kappa shape index (κ3) is 4.32. The van der Waals surface area contributed by atoms with E-state index in [2.05, 4.69) is 22.9 Å². The zero-order valence-electron chi connectivity index (χ0n) is 10.6. The number of halogens is 1. The van der Waals surface area contributed by atoms with E-state index in [-0.39, 0.29) is 6.42 Å². The van der Waals surface area contributed by atoms with Gasteiger partial charge in [-0.2, -0.15) is 0 Å². The van der Waals surface area contributed by atoms with Crippen molar-refractivity contribution in [3.05, 3.63) is 23.3 Å². The molecule has 0 radical (unpaired) electrons. The van der Waals surface area contributed by atoms with Crippen LogP contribution in [0.4, 0.5) is 0 Å². The first-order valence-corrected chi connectivity index (χ1v) is 8.31. The monoisotopic (exact) mass is 330 g/mol. The molecule has 1 aromatic rings. The number of hydrogen-bond donors (Lipinski definition) is 1. The summed E-state index contributed by atoms with van der Waals surface area (Å²) < 4.78 is 0. The molecule has 0 aromatic heterocycles. The Morgan fingerprint density at radius 3 is 2.83 bits per heavy atom. The van der Waals surface area contributed by atoms with Crippen LogP contribution < -0.4 is 0 Å². The van der Waals surface area contributed by atoms with Gasteiger partial charge in [0, 0.05) is 27.8 Å². The second-order valence-electron chi connectivity index (χ2n) is 4.06. The lowest BCUT2D eigenvalue weighted by Gasteiger charge is -2.13. The third-order valence-corrected chi connectivity index (χ3v) is 4.41. The minimum Gasteiger partial charge on any atom is -0.507 e. The molecule has 2 nitrogen and oxygen atoms in total. The summed E-state index contributed by atoms with van der Waals surface area (Å²) in [6.45, 7) is 2.10. The summed E-state index contributed by atoms with van der Waals surface area (Å²) in [5.41, 5.74) is 1.73. The fraction of sp³-hybridized carbons (Fsp3) is 0.500. The van der Waals surface area contributed by atoms with Gasteiger partial charge in [-0.25, -0.2) is 0 Å². The predicted octanol–water partition coefficient (Wildman–Crippen LogP) is 3.96. The number of phenolic OH excluding ortho intramolecular Hbond substituents is 1. The number of phenols is 1. The summed E-state index contributed by atoms with van der Waals surface area (Å²) in [7, 11) is 0. The van der Waals surface area contributed by atoms with Crippen molar-refractivity contribution in [2.24, 2.45) is 0 Å². The van der Waals surface area contributed by atoms with Crippen molar-refractivity contribution in [1.29, 1.82) is 0 Å². The number of carbonyl (C=O) groups is 1.